The van der Waals surface area contributed by atoms with Crippen LogP contribution in [-0.2, 0) is 14.3 Å². The van der Waals surface area contributed by atoms with E-state index in [0.717, 1.165) is 38.5 Å². The Morgan fingerprint density at radius 2 is 1.03 bits per heavy atom. The van der Waals surface area contributed by atoms with E-state index in [9.17, 15) is 9.59 Å². The average Bonchev–Trinajstić information content (AvgIpc) is 2.92. The highest BCUT2D eigenvalue weighted by molar-refractivity contribution is 5.69. The second-order valence-electron chi connectivity index (χ2n) is 11.3. The van der Waals surface area contributed by atoms with Crippen LogP contribution in [0.2, 0.25) is 0 Å². The van der Waals surface area contributed by atoms with Crippen LogP contribution in [0.15, 0.2) is 24.3 Å². The number of carboxylic acids is 1. The second-order valence-corrected chi connectivity index (χ2v) is 11.3. The summed E-state index contributed by atoms with van der Waals surface area (Å²) >= 11 is 0. The molecule has 4 nitrogen and oxygen atoms in total. The Morgan fingerprint density at radius 3 is 1.59 bits per heavy atom. The largest absolute Gasteiger partial charge is 0.481 e. The number of carbonyl (C=O) groups excluding carboxylic acids is 1. The minimum Gasteiger partial charge on any atom is -0.481 e. The maximum atomic E-state index is 12.3. The minimum absolute atomic E-state index is 0.0708. The van der Waals surface area contributed by atoms with E-state index < -0.39 is 5.97 Å². The number of aliphatic carboxylic acids is 1. The van der Waals surface area contributed by atoms with Crippen LogP contribution >= 0.6 is 0 Å². The van der Waals surface area contributed by atoms with Crippen molar-refractivity contribution in [2.75, 3.05) is 0 Å². The maximum Gasteiger partial charge on any atom is 0.306 e. The molecule has 0 amide bonds. The summed E-state index contributed by atoms with van der Waals surface area (Å²) < 4.78 is 5.69. The summed E-state index contributed by atoms with van der Waals surface area (Å²) in [7, 11) is 0. The molecule has 0 aliphatic rings. The minimum atomic E-state index is -0.815. The van der Waals surface area contributed by atoms with Gasteiger partial charge in [-0.15, -0.1) is 0 Å². The number of allylic oxidation sites excluding steroid dienone is 4. The van der Waals surface area contributed by atoms with Gasteiger partial charge in [0.25, 0.3) is 0 Å². The Balaban J connectivity index is 3.75. The standard InChI is InChI=1S/C35H64O4/c1-3-5-7-9-11-13-14-15-16-17-18-19-20-22-24-26-28-30-35(38)39-33(31-32-34(36)37)29-27-25-23-21-12-10-8-6-4-2/h11,13,15-16,33H,3-10,12,14,17-32H2,1-2H3,(H,36,37)/b13-11-,16-15-. The first-order valence-electron chi connectivity index (χ1n) is 16.8. The lowest BCUT2D eigenvalue weighted by Crippen LogP contribution is -2.19. The second kappa shape index (κ2) is 31.0. The van der Waals surface area contributed by atoms with Crippen LogP contribution in [0.3, 0.4) is 0 Å². The highest BCUT2D eigenvalue weighted by Gasteiger charge is 2.15. The van der Waals surface area contributed by atoms with Crippen LogP contribution in [0.4, 0.5) is 0 Å². The molecule has 0 heterocycles. The van der Waals surface area contributed by atoms with Gasteiger partial charge >= 0.3 is 11.9 Å². The first kappa shape index (κ1) is 37.4. The van der Waals surface area contributed by atoms with Crippen molar-refractivity contribution in [3.05, 3.63) is 24.3 Å². The van der Waals surface area contributed by atoms with Crippen LogP contribution in [0.1, 0.15) is 181 Å². The van der Waals surface area contributed by atoms with Gasteiger partial charge in [0.1, 0.15) is 6.10 Å². The number of carbonyl (C=O) groups is 2. The van der Waals surface area contributed by atoms with E-state index in [1.807, 2.05) is 0 Å². The molecule has 0 spiro atoms. The van der Waals surface area contributed by atoms with Crippen molar-refractivity contribution >= 4 is 11.9 Å². The summed E-state index contributed by atoms with van der Waals surface area (Å²) in [5.74, 6) is -0.964. The molecule has 1 unspecified atom stereocenters. The molecular formula is C35H64O4. The third kappa shape index (κ3) is 30.8. The van der Waals surface area contributed by atoms with Gasteiger partial charge in [0, 0.05) is 12.8 Å². The number of ether oxygens (including phenoxy) is 1. The van der Waals surface area contributed by atoms with Crippen molar-refractivity contribution in [1.29, 1.82) is 0 Å². The van der Waals surface area contributed by atoms with E-state index in [2.05, 4.69) is 38.2 Å². The quantitative estimate of drug-likeness (QED) is 0.0550. The molecule has 0 radical (unpaired) electrons. The van der Waals surface area contributed by atoms with Gasteiger partial charge < -0.3 is 9.84 Å². The lowest BCUT2D eigenvalue weighted by Gasteiger charge is -2.17. The van der Waals surface area contributed by atoms with Crippen LogP contribution in [-0.4, -0.2) is 23.1 Å². The Morgan fingerprint density at radius 1 is 0.564 bits per heavy atom. The highest BCUT2D eigenvalue weighted by atomic mass is 16.5. The first-order chi connectivity index (χ1) is 19.1. The molecule has 0 aliphatic heterocycles. The fraction of sp³-hybridized carbons (Fsp3) is 0.829. The van der Waals surface area contributed by atoms with E-state index in [4.69, 9.17) is 9.84 Å². The number of hydrogen-bond acceptors (Lipinski definition) is 3. The van der Waals surface area contributed by atoms with Crippen molar-refractivity contribution in [3.63, 3.8) is 0 Å². The fourth-order valence-electron chi connectivity index (χ4n) is 4.91. The van der Waals surface area contributed by atoms with E-state index >= 15 is 0 Å². The Hall–Kier alpha value is -1.58. The number of esters is 1. The molecule has 1 N–H and O–H groups in total. The van der Waals surface area contributed by atoms with Gasteiger partial charge in [-0.05, 0) is 57.8 Å². The van der Waals surface area contributed by atoms with Gasteiger partial charge in [-0.25, -0.2) is 0 Å². The van der Waals surface area contributed by atoms with E-state index in [0.29, 0.717) is 12.8 Å². The number of unbranched alkanes of at least 4 members (excludes halogenated alkanes) is 18. The predicted octanol–water partition coefficient (Wildman–Crippen LogP) is 11.3. The Kier molecular flexibility index (Phi) is 29.7. The number of hydrogen-bond donors (Lipinski definition) is 1. The zero-order valence-corrected chi connectivity index (χ0v) is 25.9. The van der Waals surface area contributed by atoms with Crippen LogP contribution in [0.25, 0.3) is 0 Å². The van der Waals surface area contributed by atoms with Crippen molar-refractivity contribution in [2.24, 2.45) is 0 Å². The highest BCUT2D eigenvalue weighted by Crippen LogP contribution is 2.17. The molecule has 0 aromatic heterocycles. The predicted molar refractivity (Wildman–Crippen MR) is 167 cm³/mol. The van der Waals surface area contributed by atoms with Gasteiger partial charge in [0.05, 0.1) is 0 Å². The zero-order valence-electron chi connectivity index (χ0n) is 25.9. The molecule has 0 bridgehead atoms. The van der Waals surface area contributed by atoms with Gasteiger partial charge in [0.2, 0.25) is 0 Å². The van der Waals surface area contributed by atoms with Gasteiger partial charge in [-0.3, -0.25) is 9.59 Å². The molecular weight excluding hydrogens is 484 g/mol. The monoisotopic (exact) mass is 548 g/mol. The van der Waals surface area contributed by atoms with E-state index in [-0.39, 0.29) is 18.5 Å². The zero-order chi connectivity index (χ0) is 28.7. The summed E-state index contributed by atoms with van der Waals surface area (Å²) in [5.41, 5.74) is 0. The van der Waals surface area contributed by atoms with Crippen molar-refractivity contribution in [3.8, 4) is 0 Å². The Bertz CT molecular complexity index is 595. The lowest BCUT2D eigenvalue weighted by molar-refractivity contribution is -0.151. The van der Waals surface area contributed by atoms with Crippen molar-refractivity contribution in [1.82, 2.24) is 0 Å². The topological polar surface area (TPSA) is 63.6 Å². The molecule has 0 rings (SSSR count). The summed E-state index contributed by atoms with van der Waals surface area (Å²) in [4.78, 5) is 23.4. The lowest BCUT2D eigenvalue weighted by atomic mass is 10.0. The SMILES string of the molecule is CCCCC/C=C\C/C=C\CCCCCCCCCC(=O)OC(CCCCCCCCCCC)CCC(=O)O. The summed E-state index contributed by atoms with van der Waals surface area (Å²) in [6, 6.07) is 0. The van der Waals surface area contributed by atoms with Gasteiger partial charge in [-0.2, -0.15) is 0 Å². The third-order valence-corrected chi connectivity index (χ3v) is 7.44. The molecule has 0 aromatic rings. The average molecular weight is 549 g/mol. The maximum absolute atomic E-state index is 12.3. The molecule has 0 aromatic carbocycles. The summed E-state index contributed by atoms with van der Waals surface area (Å²) in [6.45, 7) is 4.49. The fourth-order valence-corrected chi connectivity index (χ4v) is 4.91. The van der Waals surface area contributed by atoms with Gasteiger partial charge in [0.15, 0.2) is 0 Å². The van der Waals surface area contributed by atoms with Crippen molar-refractivity contribution < 1.29 is 19.4 Å². The molecule has 0 saturated heterocycles. The number of carboxylic acid groups (broad SMARTS) is 1. The van der Waals surface area contributed by atoms with Crippen LogP contribution < -0.4 is 0 Å². The molecule has 39 heavy (non-hydrogen) atoms. The van der Waals surface area contributed by atoms with Crippen LogP contribution in [0, 0.1) is 0 Å². The van der Waals surface area contributed by atoms with Crippen LogP contribution in [0.5, 0.6) is 0 Å². The Labute approximate surface area is 242 Å². The van der Waals surface area contributed by atoms with Gasteiger partial charge in [-0.1, -0.05) is 134 Å². The normalized spacial score (nSPS) is 12.5. The van der Waals surface area contributed by atoms with E-state index in [1.54, 1.807) is 0 Å². The summed E-state index contributed by atoms with van der Waals surface area (Å²) in [5, 5.41) is 9.05. The third-order valence-electron chi connectivity index (χ3n) is 7.44. The van der Waals surface area contributed by atoms with E-state index in [1.165, 1.54) is 109 Å². The molecule has 0 saturated carbocycles. The van der Waals surface area contributed by atoms with Crippen molar-refractivity contribution in [2.45, 2.75) is 187 Å². The molecule has 0 aliphatic carbocycles. The summed E-state index contributed by atoms with van der Waals surface area (Å²) in [6.07, 6.45) is 37.6. The molecule has 0 fully saturated rings. The molecule has 4 heteroatoms. The smallest absolute Gasteiger partial charge is 0.306 e. The molecule has 1 atom stereocenters. The first-order valence-corrected chi connectivity index (χ1v) is 16.8. The molecule has 228 valence electrons. The number of rotatable bonds is 30.